The van der Waals surface area contributed by atoms with Crippen LogP contribution in [-0.4, -0.2) is 59.7 Å². The van der Waals surface area contributed by atoms with Gasteiger partial charge in [0.25, 0.3) is 0 Å². The number of hydrogen-bond acceptors (Lipinski definition) is 5. The highest BCUT2D eigenvalue weighted by atomic mass is 16.5. The first-order chi connectivity index (χ1) is 16.4. The minimum Gasteiger partial charge on any atom is -0.497 e. The number of ether oxygens (including phenoxy) is 1. The number of methoxy groups -OCH3 is 1. The fourth-order valence-corrected chi connectivity index (χ4v) is 4.53. The van der Waals surface area contributed by atoms with Crippen molar-refractivity contribution in [3.05, 3.63) is 42.0 Å². The maximum atomic E-state index is 13.3. The predicted octanol–water partition coefficient (Wildman–Crippen LogP) is 2.67. The summed E-state index contributed by atoms with van der Waals surface area (Å²) >= 11 is 0. The second-order valence-corrected chi connectivity index (χ2v) is 8.93. The highest BCUT2D eigenvalue weighted by Crippen LogP contribution is 2.35. The molecular weight excluding hydrogens is 434 g/mol. The second kappa shape index (κ2) is 11.8. The zero-order valence-electron chi connectivity index (χ0n) is 20.3. The molecule has 184 valence electrons. The quantitative estimate of drug-likeness (QED) is 0.305. The lowest BCUT2D eigenvalue weighted by Crippen LogP contribution is -2.48. The molecule has 2 aliphatic rings. The van der Waals surface area contributed by atoms with E-state index < -0.39 is 6.04 Å². The molecule has 1 aromatic rings. The summed E-state index contributed by atoms with van der Waals surface area (Å²) in [4.78, 5) is 54.3. The third kappa shape index (κ3) is 5.85. The topological polar surface area (TPSA) is 96.0 Å². The SMILES string of the molecule is CCCCNC(=O)[C@H](C)N(Cc1cccc(OC)c1)C(=O)CCN1C(=O)[C@H]2CC=CC[C@H]2C1=O. The molecule has 4 amide bonds. The number of fused-ring (bicyclic) bond motifs is 1. The summed E-state index contributed by atoms with van der Waals surface area (Å²) in [5, 5.41) is 2.89. The van der Waals surface area contributed by atoms with Crippen molar-refractivity contribution in [3.63, 3.8) is 0 Å². The first-order valence-corrected chi connectivity index (χ1v) is 12.1. The summed E-state index contributed by atoms with van der Waals surface area (Å²) in [5.41, 5.74) is 0.825. The minimum absolute atomic E-state index is 0.0269. The zero-order valence-corrected chi connectivity index (χ0v) is 20.3. The summed E-state index contributed by atoms with van der Waals surface area (Å²) in [6, 6.07) is 6.64. The molecule has 8 nitrogen and oxygen atoms in total. The van der Waals surface area contributed by atoms with Crippen molar-refractivity contribution >= 4 is 23.6 Å². The van der Waals surface area contributed by atoms with E-state index in [1.165, 1.54) is 9.80 Å². The van der Waals surface area contributed by atoms with Crippen LogP contribution in [0.5, 0.6) is 5.75 Å². The Bertz CT molecular complexity index is 918. The van der Waals surface area contributed by atoms with Gasteiger partial charge in [0.15, 0.2) is 0 Å². The number of rotatable bonds is 11. The van der Waals surface area contributed by atoms with Crippen molar-refractivity contribution in [1.29, 1.82) is 0 Å². The van der Waals surface area contributed by atoms with Gasteiger partial charge in [0.05, 0.1) is 18.9 Å². The lowest BCUT2D eigenvalue weighted by molar-refractivity contribution is -0.143. The maximum Gasteiger partial charge on any atom is 0.242 e. The van der Waals surface area contributed by atoms with Gasteiger partial charge in [0, 0.05) is 26.1 Å². The third-order valence-corrected chi connectivity index (χ3v) is 6.63. The number of benzene rings is 1. The highest BCUT2D eigenvalue weighted by Gasteiger charge is 2.47. The number of likely N-dealkylation sites (tertiary alicyclic amines) is 1. The molecule has 3 rings (SSSR count). The average Bonchev–Trinajstić information content (AvgIpc) is 3.10. The van der Waals surface area contributed by atoms with Gasteiger partial charge in [0.1, 0.15) is 11.8 Å². The number of carbonyl (C=O) groups excluding carboxylic acids is 4. The molecule has 1 heterocycles. The molecule has 1 aromatic carbocycles. The Labute approximate surface area is 201 Å². The van der Waals surface area contributed by atoms with Crippen LogP contribution in [0.3, 0.4) is 0 Å². The number of nitrogens with zero attached hydrogens (tertiary/aromatic N) is 2. The molecule has 0 radical (unpaired) electrons. The molecule has 0 bridgehead atoms. The number of imide groups is 1. The fraction of sp³-hybridized carbons (Fsp3) is 0.538. The van der Waals surface area contributed by atoms with E-state index in [1.54, 1.807) is 14.0 Å². The normalized spacial score (nSPS) is 20.1. The molecular formula is C26H35N3O5. The monoisotopic (exact) mass is 469 g/mol. The van der Waals surface area contributed by atoms with Gasteiger partial charge in [-0.3, -0.25) is 24.1 Å². The van der Waals surface area contributed by atoms with Gasteiger partial charge in [-0.1, -0.05) is 37.6 Å². The Morgan fingerprint density at radius 2 is 1.85 bits per heavy atom. The molecule has 1 N–H and O–H groups in total. The van der Waals surface area contributed by atoms with Crippen LogP contribution in [0.4, 0.5) is 0 Å². The second-order valence-electron chi connectivity index (χ2n) is 8.93. The molecule has 0 saturated carbocycles. The van der Waals surface area contributed by atoms with Crippen molar-refractivity contribution in [2.75, 3.05) is 20.2 Å². The molecule has 0 spiro atoms. The van der Waals surface area contributed by atoms with Gasteiger partial charge in [-0.2, -0.15) is 0 Å². The van der Waals surface area contributed by atoms with E-state index in [4.69, 9.17) is 4.74 Å². The summed E-state index contributed by atoms with van der Waals surface area (Å²) in [6.45, 7) is 4.54. The maximum absolute atomic E-state index is 13.3. The van der Waals surface area contributed by atoms with Crippen molar-refractivity contribution in [3.8, 4) is 5.75 Å². The zero-order chi connectivity index (χ0) is 24.7. The molecule has 0 aromatic heterocycles. The van der Waals surface area contributed by atoms with Crippen LogP contribution >= 0.6 is 0 Å². The molecule has 1 fully saturated rings. The largest absolute Gasteiger partial charge is 0.497 e. The number of carbonyl (C=O) groups is 4. The molecule has 0 unspecified atom stereocenters. The third-order valence-electron chi connectivity index (χ3n) is 6.63. The molecule has 8 heteroatoms. The van der Waals surface area contributed by atoms with Crippen LogP contribution in [-0.2, 0) is 25.7 Å². The number of nitrogens with one attached hydrogen (secondary N) is 1. The van der Waals surface area contributed by atoms with Gasteiger partial charge < -0.3 is 15.0 Å². The summed E-state index contributed by atoms with van der Waals surface area (Å²) < 4.78 is 5.29. The number of amides is 4. The van der Waals surface area contributed by atoms with E-state index in [2.05, 4.69) is 5.32 Å². The van der Waals surface area contributed by atoms with Crippen molar-refractivity contribution in [2.45, 2.75) is 58.5 Å². The first-order valence-electron chi connectivity index (χ1n) is 12.1. The Morgan fingerprint density at radius 1 is 1.18 bits per heavy atom. The number of unbranched alkanes of at least 4 members (excludes halogenated alkanes) is 1. The Morgan fingerprint density at radius 3 is 2.47 bits per heavy atom. The van der Waals surface area contributed by atoms with Crippen LogP contribution in [0, 0.1) is 11.8 Å². The smallest absolute Gasteiger partial charge is 0.242 e. The standard InChI is InChI=1S/C26H35N3O5/c1-4-5-14-27-24(31)18(2)29(17-19-9-8-10-20(16-19)34-3)23(30)13-15-28-25(32)21-11-6-7-12-22(21)26(28)33/h6-10,16,18,21-22H,4-5,11-15,17H2,1-3H3,(H,27,31)/t18-,21-,22+/m0/s1. The summed E-state index contributed by atoms with van der Waals surface area (Å²) in [5.74, 6) is -0.875. The summed E-state index contributed by atoms with van der Waals surface area (Å²) in [7, 11) is 1.57. The van der Waals surface area contributed by atoms with Crippen molar-refractivity contribution in [2.24, 2.45) is 11.8 Å². The van der Waals surface area contributed by atoms with E-state index in [1.807, 2.05) is 43.3 Å². The molecule has 34 heavy (non-hydrogen) atoms. The van der Waals surface area contributed by atoms with Crippen LogP contribution in [0.25, 0.3) is 0 Å². The van der Waals surface area contributed by atoms with Gasteiger partial charge in [-0.15, -0.1) is 0 Å². The molecule has 1 saturated heterocycles. The molecule has 3 atom stereocenters. The van der Waals surface area contributed by atoms with Crippen molar-refractivity contribution in [1.82, 2.24) is 15.1 Å². The van der Waals surface area contributed by atoms with Gasteiger partial charge >= 0.3 is 0 Å². The first kappa shape index (κ1) is 25.5. The Hall–Kier alpha value is -3.16. The lowest BCUT2D eigenvalue weighted by Gasteiger charge is -2.29. The predicted molar refractivity (Wildman–Crippen MR) is 128 cm³/mol. The fourth-order valence-electron chi connectivity index (χ4n) is 4.53. The van der Waals surface area contributed by atoms with E-state index in [9.17, 15) is 19.2 Å². The Balaban J connectivity index is 1.71. The van der Waals surface area contributed by atoms with E-state index >= 15 is 0 Å². The van der Waals surface area contributed by atoms with Crippen LogP contribution in [0.15, 0.2) is 36.4 Å². The summed E-state index contributed by atoms with van der Waals surface area (Å²) in [6.07, 6.45) is 6.80. The lowest BCUT2D eigenvalue weighted by atomic mass is 9.85. The van der Waals surface area contributed by atoms with E-state index in [0.29, 0.717) is 25.1 Å². The van der Waals surface area contributed by atoms with Crippen LogP contribution < -0.4 is 10.1 Å². The van der Waals surface area contributed by atoms with Gasteiger partial charge in [0.2, 0.25) is 23.6 Å². The van der Waals surface area contributed by atoms with Crippen LogP contribution in [0.2, 0.25) is 0 Å². The Kier molecular flexibility index (Phi) is 8.85. The average molecular weight is 470 g/mol. The molecule has 1 aliphatic carbocycles. The number of allylic oxidation sites excluding steroid dienone is 2. The highest BCUT2D eigenvalue weighted by molar-refractivity contribution is 6.05. The minimum atomic E-state index is -0.702. The van der Waals surface area contributed by atoms with Crippen molar-refractivity contribution < 1.29 is 23.9 Å². The van der Waals surface area contributed by atoms with E-state index in [-0.39, 0.29) is 55.0 Å². The van der Waals surface area contributed by atoms with Gasteiger partial charge in [-0.05, 0) is 43.9 Å². The molecule has 1 aliphatic heterocycles. The number of hydrogen-bond donors (Lipinski definition) is 1. The van der Waals surface area contributed by atoms with E-state index in [0.717, 1.165) is 18.4 Å². The van der Waals surface area contributed by atoms with Gasteiger partial charge in [-0.25, -0.2) is 0 Å². The van der Waals surface area contributed by atoms with Crippen LogP contribution in [0.1, 0.15) is 51.5 Å².